The molecular weight excluding hydrogens is 213 g/mol. The highest BCUT2D eigenvalue weighted by molar-refractivity contribution is 5.66. The van der Waals surface area contributed by atoms with Gasteiger partial charge in [-0.05, 0) is 19.0 Å². The lowest BCUT2D eigenvalue weighted by Crippen LogP contribution is -2.16. The lowest BCUT2D eigenvalue weighted by atomic mass is 10.2. The van der Waals surface area contributed by atoms with Crippen molar-refractivity contribution in [1.29, 1.82) is 0 Å². The van der Waals surface area contributed by atoms with E-state index in [9.17, 15) is 14.3 Å². The van der Waals surface area contributed by atoms with Crippen LogP contribution in [0, 0.1) is 5.82 Å². The Morgan fingerprint density at radius 3 is 2.88 bits per heavy atom. The van der Waals surface area contributed by atoms with Crippen LogP contribution in [0.1, 0.15) is 18.4 Å². The summed E-state index contributed by atoms with van der Waals surface area (Å²) in [6.45, 7) is 0.839. The molecule has 4 nitrogen and oxygen atoms in total. The summed E-state index contributed by atoms with van der Waals surface area (Å²) < 4.78 is 12.9. The Kier molecular flexibility index (Phi) is 4.72. The van der Waals surface area contributed by atoms with E-state index in [4.69, 9.17) is 5.11 Å². The second kappa shape index (κ2) is 6.07. The summed E-state index contributed by atoms with van der Waals surface area (Å²) in [6, 6.07) is 4.31. The van der Waals surface area contributed by atoms with Crippen molar-refractivity contribution in [2.24, 2.45) is 0 Å². The van der Waals surface area contributed by atoms with Crippen molar-refractivity contribution >= 4 is 5.97 Å². The normalized spacial score (nSPS) is 10.3. The molecule has 1 rings (SSSR count). The molecule has 0 aliphatic heterocycles. The zero-order valence-electron chi connectivity index (χ0n) is 8.74. The summed E-state index contributed by atoms with van der Waals surface area (Å²) in [6.07, 6.45) is 0.605. The van der Waals surface area contributed by atoms with Gasteiger partial charge in [-0.15, -0.1) is 0 Å². The van der Waals surface area contributed by atoms with Crippen molar-refractivity contribution in [2.45, 2.75) is 19.4 Å². The van der Waals surface area contributed by atoms with E-state index in [1.54, 1.807) is 6.07 Å². The van der Waals surface area contributed by atoms with E-state index in [1.807, 2.05) is 0 Å². The second-order valence-corrected chi connectivity index (χ2v) is 3.42. The number of carboxylic acid groups (broad SMARTS) is 1. The smallest absolute Gasteiger partial charge is 0.303 e. The molecule has 0 aromatic heterocycles. The predicted octanol–water partition coefficient (Wildman–Crippen LogP) is 1.49. The third-order valence-electron chi connectivity index (χ3n) is 2.13. The SMILES string of the molecule is O=C(O)CCCNCc1cccc(F)c1O. The van der Waals surface area contributed by atoms with Crippen LogP contribution in [-0.2, 0) is 11.3 Å². The van der Waals surface area contributed by atoms with Gasteiger partial charge in [0.15, 0.2) is 11.6 Å². The molecule has 0 amide bonds. The molecule has 0 bridgehead atoms. The molecule has 0 unspecified atom stereocenters. The number of aliphatic carboxylic acids is 1. The molecule has 0 aliphatic rings. The third kappa shape index (κ3) is 3.86. The van der Waals surface area contributed by atoms with Gasteiger partial charge in [-0.1, -0.05) is 12.1 Å². The number of carboxylic acids is 1. The van der Waals surface area contributed by atoms with Crippen molar-refractivity contribution in [1.82, 2.24) is 5.32 Å². The lowest BCUT2D eigenvalue weighted by Gasteiger charge is -2.06. The van der Waals surface area contributed by atoms with Crippen molar-refractivity contribution in [3.63, 3.8) is 0 Å². The molecule has 0 radical (unpaired) electrons. The Labute approximate surface area is 92.7 Å². The van der Waals surface area contributed by atoms with Crippen LogP contribution in [-0.4, -0.2) is 22.7 Å². The van der Waals surface area contributed by atoms with Crippen molar-refractivity contribution in [3.8, 4) is 5.75 Å². The first-order chi connectivity index (χ1) is 7.61. The van der Waals surface area contributed by atoms with E-state index in [1.165, 1.54) is 12.1 Å². The number of rotatable bonds is 6. The van der Waals surface area contributed by atoms with E-state index in [2.05, 4.69) is 5.32 Å². The monoisotopic (exact) mass is 227 g/mol. The minimum atomic E-state index is -0.838. The van der Waals surface area contributed by atoms with Gasteiger partial charge in [0, 0.05) is 18.5 Å². The lowest BCUT2D eigenvalue weighted by molar-refractivity contribution is -0.137. The first kappa shape index (κ1) is 12.4. The summed E-state index contributed by atoms with van der Waals surface area (Å²) in [5, 5.41) is 20.7. The Bertz CT molecular complexity index is 368. The number of hydrogen-bond donors (Lipinski definition) is 3. The molecule has 16 heavy (non-hydrogen) atoms. The number of carbonyl (C=O) groups is 1. The Morgan fingerprint density at radius 1 is 1.44 bits per heavy atom. The molecule has 3 N–H and O–H groups in total. The van der Waals surface area contributed by atoms with Crippen molar-refractivity contribution in [3.05, 3.63) is 29.6 Å². The molecule has 0 heterocycles. The van der Waals surface area contributed by atoms with Gasteiger partial charge in [0.1, 0.15) is 0 Å². The largest absolute Gasteiger partial charge is 0.505 e. The number of nitrogens with one attached hydrogen (secondary N) is 1. The number of hydrogen-bond acceptors (Lipinski definition) is 3. The topological polar surface area (TPSA) is 69.6 Å². The van der Waals surface area contributed by atoms with Crippen LogP contribution < -0.4 is 5.32 Å². The van der Waals surface area contributed by atoms with Crippen LogP contribution >= 0.6 is 0 Å². The molecular formula is C11H14FNO3. The average molecular weight is 227 g/mol. The van der Waals surface area contributed by atoms with Crippen LogP contribution in [0.5, 0.6) is 5.75 Å². The van der Waals surface area contributed by atoms with Crippen LogP contribution in [0.15, 0.2) is 18.2 Å². The standard InChI is InChI=1S/C11H14FNO3/c12-9-4-1-3-8(11(9)16)7-13-6-2-5-10(14)15/h1,3-4,13,16H,2,5-7H2,(H,14,15). The summed E-state index contributed by atoms with van der Waals surface area (Å²) in [5.41, 5.74) is 0.468. The van der Waals surface area contributed by atoms with Crippen molar-refractivity contribution in [2.75, 3.05) is 6.54 Å². The number of para-hydroxylation sites is 1. The number of benzene rings is 1. The molecule has 5 heteroatoms. The Morgan fingerprint density at radius 2 is 2.19 bits per heavy atom. The van der Waals surface area contributed by atoms with E-state index >= 15 is 0 Å². The number of aromatic hydroxyl groups is 1. The van der Waals surface area contributed by atoms with Crippen LogP contribution in [0.2, 0.25) is 0 Å². The number of phenolic OH excluding ortho intramolecular Hbond substituents is 1. The van der Waals surface area contributed by atoms with Gasteiger partial charge in [-0.25, -0.2) is 4.39 Å². The minimum Gasteiger partial charge on any atom is -0.505 e. The fourth-order valence-corrected chi connectivity index (χ4v) is 1.29. The first-order valence-corrected chi connectivity index (χ1v) is 5.00. The van der Waals surface area contributed by atoms with Gasteiger partial charge < -0.3 is 15.5 Å². The first-order valence-electron chi connectivity index (χ1n) is 5.00. The summed E-state index contributed by atoms with van der Waals surface area (Å²) in [4.78, 5) is 10.2. The second-order valence-electron chi connectivity index (χ2n) is 3.42. The van der Waals surface area contributed by atoms with Gasteiger partial charge in [0.2, 0.25) is 0 Å². The summed E-state index contributed by atoms with van der Waals surface area (Å²) in [7, 11) is 0. The average Bonchev–Trinajstić information content (AvgIpc) is 2.23. The molecule has 1 aromatic rings. The van der Waals surface area contributed by atoms with E-state index < -0.39 is 11.8 Å². The molecule has 1 aromatic carbocycles. The van der Waals surface area contributed by atoms with E-state index in [0.717, 1.165) is 0 Å². The molecule has 0 fully saturated rings. The van der Waals surface area contributed by atoms with Crippen molar-refractivity contribution < 1.29 is 19.4 Å². The summed E-state index contributed by atoms with van der Waals surface area (Å²) >= 11 is 0. The Hall–Kier alpha value is -1.62. The van der Waals surface area contributed by atoms with E-state index in [-0.39, 0.29) is 12.2 Å². The molecule has 0 spiro atoms. The number of phenols is 1. The van der Waals surface area contributed by atoms with Gasteiger partial charge in [0.05, 0.1) is 0 Å². The fraction of sp³-hybridized carbons (Fsp3) is 0.364. The van der Waals surface area contributed by atoms with E-state index in [0.29, 0.717) is 25.1 Å². The highest BCUT2D eigenvalue weighted by Crippen LogP contribution is 2.20. The van der Waals surface area contributed by atoms with Crippen LogP contribution in [0.25, 0.3) is 0 Å². The highest BCUT2D eigenvalue weighted by atomic mass is 19.1. The zero-order valence-corrected chi connectivity index (χ0v) is 8.74. The highest BCUT2D eigenvalue weighted by Gasteiger charge is 2.05. The molecule has 0 saturated heterocycles. The van der Waals surface area contributed by atoms with Gasteiger partial charge in [0.25, 0.3) is 0 Å². The zero-order chi connectivity index (χ0) is 12.0. The Balaban J connectivity index is 2.32. The third-order valence-corrected chi connectivity index (χ3v) is 2.13. The quantitative estimate of drug-likeness (QED) is 0.644. The van der Waals surface area contributed by atoms with Gasteiger partial charge in [-0.2, -0.15) is 0 Å². The maximum atomic E-state index is 12.9. The predicted molar refractivity (Wildman–Crippen MR) is 56.6 cm³/mol. The van der Waals surface area contributed by atoms with Crippen LogP contribution in [0.4, 0.5) is 4.39 Å². The molecule has 0 atom stereocenters. The summed E-state index contributed by atoms with van der Waals surface area (Å²) in [5.74, 6) is -1.84. The number of halogens is 1. The molecule has 0 aliphatic carbocycles. The maximum absolute atomic E-state index is 12.9. The minimum absolute atomic E-state index is 0.0993. The van der Waals surface area contributed by atoms with Gasteiger partial charge >= 0.3 is 5.97 Å². The van der Waals surface area contributed by atoms with Gasteiger partial charge in [-0.3, -0.25) is 4.79 Å². The molecule has 88 valence electrons. The molecule has 0 saturated carbocycles. The fourth-order valence-electron chi connectivity index (χ4n) is 1.29. The maximum Gasteiger partial charge on any atom is 0.303 e. The van der Waals surface area contributed by atoms with Crippen LogP contribution in [0.3, 0.4) is 0 Å².